The number of aromatic carboxylic acids is 1. The largest absolute Gasteiger partial charge is 0.481 e. The Labute approximate surface area is 85.5 Å². The average Bonchev–Trinajstić information content (AvgIpc) is 2.26. The first-order valence-electron chi connectivity index (χ1n) is 3.95. The standard InChI is InChI=1S/C9H9NO5/c1-14-7-3-5(9(13)15-2)6(4-10-7)8(11)12/h3-4H,1-2H3,(H,11,12). The van der Waals surface area contributed by atoms with Crippen LogP contribution in [0.1, 0.15) is 20.7 Å². The molecule has 0 fully saturated rings. The van der Waals surface area contributed by atoms with E-state index in [0.29, 0.717) is 0 Å². The Morgan fingerprint density at radius 2 is 2.00 bits per heavy atom. The van der Waals surface area contributed by atoms with Crippen LogP contribution in [0.5, 0.6) is 5.88 Å². The number of carbonyl (C=O) groups is 2. The maximum atomic E-state index is 11.2. The second-order valence-corrected chi connectivity index (χ2v) is 2.57. The Kier molecular flexibility index (Phi) is 3.22. The molecule has 0 unspecified atom stereocenters. The molecule has 0 saturated carbocycles. The molecule has 80 valence electrons. The Balaban J connectivity index is 3.28. The van der Waals surface area contributed by atoms with Gasteiger partial charge in [-0.25, -0.2) is 14.6 Å². The van der Waals surface area contributed by atoms with Crippen molar-refractivity contribution in [3.8, 4) is 5.88 Å². The van der Waals surface area contributed by atoms with Crippen LogP contribution in [0.25, 0.3) is 0 Å². The summed E-state index contributed by atoms with van der Waals surface area (Å²) < 4.78 is 9.21. The molecular weight excluding hydrogens is 202 g/mol. The summed E-state index contributed by atoms with van der Waals surface area (Å²) in [6.07, 6.45) is 1.05. The minimum Gasteiger partial charge on any atom is -0.481 e. The fourth-order valence-electron chi connectivity index (χ4n) is 0.997. The molecule has 1 rings (SSSR count). The molecule has 0 amide bonds. The first-order chi connectivity index (χ1) is 7.10. The van der Waals surface area contributed by atoms with Gasteiger partial charge in [-0.05, 0) is 0 Å². The van der Waals surface area contributed by atoms with Gasteiger partial charge in [-0.3, -0.25) is 0 Å². The molecule has 0 aromatic carbocycles. The van der Waals surface area contributed by atoms with Crippen molar-refractivity contribution < 1.29 is 24.2 Å². The highest BCUT2D eigenvalue weighted by atomic mass is 16.5. The van der Waals surface area contributed by atoms with E-state index in [2.05, 4.69) is 9.72 Å². The second-order valence-electron chi connectivity index (χ2n) is 2.57. The molecule has 0 aliphatic heterocycles. The lowest BCUT2D eigenvalue weighted by Crippen LogP contribution is -2.11. The van der Waals surface area contributed by atoms with Crippen molar-refractivity contribution in [2.24, 2.45) is 0 Å². The molecule has 0 aliphatic rings. The van der Waals surface area contributed by atoms with Crippen LogP contribution in [0, 0.1) is 0 Å². The summed E-state index contributed by atoms with van der Waals surface area (Å²) in [6.45, 7) is 0. The number of carbonyl (C=O) groups excluding carboxylic acids is 1. The number of carboxylic acids is 1. The lowest BCUT2D eigenvalue weighted by Gasteiger charge is -2.05. The van der Waals surface area contributed by atoms with Crippen molar-refractivity contribution in [1.82, 2.24) is 4.98 Å². The summed E-state index contributed by atoms with van der Waals surface area (Å²) in [5.41, 5.74) is -0.306. The van der Waals surface area contributed by atoms with Crippen LogP contribution in [-0.2, 0) is 4.74 Å². The number of carboxylic acid groups (broad SMARTS) is 1. The minimum absolute atomic E-state index is 0.0862. The lowest BCUT2D eigenvalue weighted by molar-refractivity contribution is 0.0582. The Morgan fingerprint density at radius 1 is 1.33 bits per heavy atom. The predicted octanol–water partition coefficient (Wildman–Crippen LogP) is 0.575. The Hall–Kier alpha value is -2.11. The van der Waals surface area contributed by atoms with Gasteiger partial charge in [0.25, 0.3) is 0 Å². The number of nitrogens with zero attached hydrogens (tertiary/aromatic N) is 1. The van der Waals surface area contributed by atoms with E-state index in [9.17, 15) is 9.59 Å². The number of ether oxygens (including phenoxy) is 2. The zero-order valence-electron chi connectivity index (χ0n) is 8.18. The fraction of sp³-hybridized carbons (Fsp3) is 0.222. The van der Waals surface area contributed by atoms with Crippen molar-refractivity contribution in [1.29, 1.82) is 0 Å². The molecule has 1 N–H and O–H groups in total. The summed E-state index contributed by atoms with van der Waals surface area (Å²) in [6, 6.07) is 1.22. The first-order valence-corrected chi connectivity index (χ1v) is 3.95. The topological polar surface area (TPSA) is 85.7 Å². The molecular formula is C9H9NO5. The Bertz CT molecular complexity index is 401. The number of pyridine rings is 1. The highest BCUT2D eigenvalue weighted by molar-refractivity contribution is 6.02. The Morgan fingerprint density at radius 3 is 2.47 bits per heavy atom. The molecule has 6 nitrogen and oxygen atoms in total. The van der Waals surface area contributed by atoms with Gasteiger partial charge >= 0.3 is 11.9 Å². The van der Waals surface area contributed by atoms with Crippen LogP contribution in [0.4, 0.5) is 0 Å². The van der Waals surface area contributed by atoms with Gasteiger partial charge in [0.15, 0.2) is 0 Å². The third-order valence-electron chi connectivity index (χ3n) is 1.72. The maximum Gasteiger partial charge on any atom is 0.338 e. The van der Waals surface area contributed by atoms with Gasteiger partial charge in [0.1, 0.15) is 0 Å². The summed E-state index contributed by atoms with van der Waals surface area (Å²) in [5, 5.41) is 8.79. The van der Waals surface area contributed by atoms with Gasteiger partial charge in [0.2, 0.25) is 5.88 Å². The van der Waals surface area contributed by atoms with Crippen LogP contribution < -0.4 is 4.74 Å². The molecule has 0 atom stereocenters. The van der Waals surface area contributed by atoms with Crippen molar-refractivity contribution in [3.05, 3.63) is 23.4 Å². The molecule has 0 aliphatic carbocycles. The van der Waals surface area contributed by atoms with Crippen molar-refractivity contribution in [2.45, 2.75) is 0 Å². The van der Waals surface area contributed by atoms with Gasteiger partial charge in [-0.1, -0.05) is 0 Å². The maximum absolute atomic E-state index is 11.2. The SMILES string of the molecule is COC(=O)c1cc(OC)ncc1C(=O)O. The van der Waals surface area contributed by atoms with E-state index in [4.69, 9.17) is 9.84 Å². The molecule has 6 heteroatoms. The fourth-order valence-corrected chi connectivity index (χ4v) is 0.997. The molecule has 0 bridgehead atoms. The summed E-state index contributed by atoms with van der Waals surface area (Å²) in [4.78, 5) is 25.7. The van der Waals surface area contributed by atoms with E-state index in [-0.39, 0.29) is 17.0 Å². The lowest BCUT2D eigenvalue weighted by atomic mass is 10.1. The highest BCUT2D eigenvalue weighted by Gasteiger charge is 2.18. The number of hydrogen-bond donors (Lipinski definition) is 1. The minimum atomic E-state index is -1.24. The third kappa shape index (κ3) is 2.22. The third-order valence-corrected chi connectivity index (χ3v) is 1.72. The number of methoxy groups -OCH3 is 2. The van der Waals surface area contributed by atoms with E-state index >= 15 is 0 Å². The van der Waals surface area contributed by atoms with Crippen LogP contribution in [0.3, 0.4) is 0 Å². The smallest absolute Gasteiger partial charge is 0.338 e. The average molecular weight is 211 g/mol. The van der Waals surface area contributed by atoms with Gasteiger partial charge in [0, 0.05) is 12.3 Å². The van der Waals surface area contributed by atoms with Crippen LogP contribution in [0.15, 0.2) is 12.3 Å². The molecule has 0 saturated heterocycles. The van der Waals surface area contributed by atoms with Crippen LogP contribution in [0.2, 0.25) is 0 Å². The quantitative estimate of drug-likeness (QED) is 0.736. The normalized spacial score (nSPS) is 9.47. The van der Waals surface area contributed by atoms with Crippen LogP contribution in [-0.4, -0.2) is 36.2 Å². The first kappa shape index (κ1) is 11.0. The summed E-state index contributed by atoms with van der Waals surface area (Å²) in [5.74, 6) is -1.83. The molecule has 0 radical (unpaired) electrons. The van der Waals surface area contributed by atoms with Crippen molar-refractivity contribution in [2.75, 3.05) is 14.2 Å². The number of esters is 1. The van der Waals surface area contributed by atoms with E-state index in [0.717, 1.165) is 6.20 Å². The highest BCUT2D eigenvalue weighted by Crippen LogP contribution is 2.15. The monoisotopic (exact) mass is 211 g/mol. The van der Waals surface area contributed by atoms with Gasteiger partial charge in [-0.2, -0.15) is 0 Å². The summed E-state index contributed by atoms with van der Waals surface area (Å²) in [7, 11) is 2.53. The molecule has 0 spiro atoms. The van der Waals surface area contributed by atoms with E-state index in [1.165, 1.54) is 20.3 Å². The van der Waals surface area contributed by atoms with Gasteiger partial charge < -0.3 is 14.6 Å². The number of rotatable bonds is 3. The van der Waals surface area contributed by atoms with E-state index in [1.54, 1.807) is 0 Å². The number of hydrogen-bond acceptors (Lipinski definition) is 5. The van der Waals surface area contributed by atoms with Crippen molar-refractivity contribution >= 4 is 11.9 Å². The summed E-state index contributed by atoms with van der Waals surface area (Å²) >= 11 is 0. The van der Waals surface area contributed by atoms with Gasteiger partial charge in [-0.15, -0.1) is 0 Å². The van der Waals surface area contributed by atoms with Crippen LogP contribution >= 0.6 is 0 Å². The second kappa shape index (κ2) is 4.41. The zero-order chi connectivity index (χ0) is 11.4. The van der Waals surface area contributed by atoms with E-state index in [1.807, 2.05) is 0 Å². The molecule has 15 heavy (non-hydrogen) atoms. The predicted molar refractivity (Wildman–Crippen MR) is 49.1 cm³/mol. The molecule has 1 aromatic heterocycles. The zero-order valence-corrected chi connectivity index (χ0v) is 8.18. The molecule has 1 heterocycles. The van der Waals surface area contributed by atoms with Crippen molar-refractivity contribution in [3.63, 3.8) is 0 Å². The van der Waals surface area contributed by atoms with Gasteiger partial charge in [0.05, 0.1) is 25.3 Å². The van der Waals surface area contributed by atoms with E-state index < -0.39 is 11.9 Å². The molecule has 1 aromatic rings. The number of aromatic nitrogens is 1.